The predicted molar refractivity (Wildman–Crippen MR) is 85.6 cm³/mol. The molecule has 2 amide bonds. The first-order chi connectivity index (χ1) is 10.3. The number of anilines is 1. The van der Waals surface area contributed by atoms with E-state index in [1.165, 1.54) is 12.1 Å². The lowest BCUT2D eigenvalue weighted by Gasteiger charge is -2.17. The van der Waals surface area contributed by atoms with E-state index in [2.05, 4.69) is 10.6 Å². The summed E-state index contributed by atoms with van der Waals surface area (Å²) in [4.78, 5) is 25.1. The van der Waals surface area contributed by atoms with Gasteiger partial charge in [-0.25, -0.2) is 0 Å². The van der Waals surface area contributed by atoms with Crippen molar-refractivity contribution in [3.63, 3.8) is 0 Å². The lowest BCUT2D eigenvalue weighted by molar-refractivity contribution is -0.123. The first-order valence-electron chi connectivity index (χ1n) is 6.79. The fourth-order valence-electron chi connectivity index (χ4n) is 1.80. The highest BCUT2D eigenvalue weighted by atomic mass is 35.5. The molecular weight excluding hydrogens is 304 g/mol. The number of hydrogen-bond donors (Lipinski definition) is 2. The Balaban J connectivity index is 2.51. The highest BCUT2D eigenvalue weighted by Gasteiger charge is 2.12. The van der Waals surface area contributed by atoms with Crippen LogP contribution in [-0.4, -0.2) is 42.9 Å². The van der Waals surface area contributed by atoms with Crippen molar-refractivity contribution >= 4 is 29.1 Å². The molecular formula is C15H19ClN4O2. The third kappa shape index (κ3) is 6.12. The number of rotatable bonds is 6. The monoisotopic (exact) mass is 322 g/mol. The van der Waals surface area contributed by atoms with Crippen molar-refractivity contribution in [2.24, 2.45) is 0 Å². The summed E-state index contributed by atoms with van der Waals surface area (Å²) in [5.74, 6) is -0.396. The predicted octanol–water partition coefficient (Wildman–Crippen LogP) is 1.61. The van der Waals surface area contributed by atoms with Crippen LogP contribution in [-0.2, 0) is 9.59 Å². The quantitative estimate of drug-likeness (QED) is 0.833. The Hall–Kier alpha value is -2.10. The van der Waals surface area contributed by atoms with Gasteiger partial charge in [0.05, 0.1) is 23.7 Å². The van der Waals surface area contributed by atoms with Gasteiger partial charge in [0.25, 0.3) is 0 Å². The van der Waals surface area contributed by atoms with Crippen LogP contribution < -0.4 is 10.6 Å². The van der Waals surface area contributed by atoms with Crippen LogP contribution in [0.4, 0.5) is 5.69 Å². The van der Waals surface area contributed by atoms with Crippen LogP contribution >= 0.6 is 11.6 Å². The molecule has 0 unspecified atom stereocenters. The van der Waals surface area contributed by atoms with E-state index in [-0.39, 0.29) is 36.0 Å². The molecule has 1 aromatic rings. The zero-order valence-corrected chi connectivity index (χ0v) is 13.6. The Bertz CT molecular complexity index is 596. The largest absolute Gasteiger partial charge is 0.353 e. The number of amides is 2. The molecule has 0 aliphatic rings. The summed E-state index contributed by atoms with van der Waals surface area (Å²) in [6.45, 7) is 3.96. The Morgan fingerprint density at radius 3 is 2.50 bits per heavy atom. The van der Waals surface area contributed by atoms with Gasteiger partial charge < -0.3 is 10.6 Å². The molecule has 0 bridgehead atoms. The number of likely N-dealkylation sites (N-methyl/N-ethyl adjacent to an activating group) is 1. The van der Waals surface area contributed by atoms with Crippen LogP contribution in [0.5, 0.6) is 0 Å². The van der Waals surface area contributed by atoms with Crippen LogP contribution in [0.25, 0.3) is 0 Å². The number of benzene rings is 1. The molecule has 1 rings (SSSR count). The third-order valence-corrected chi connectivity index (χ3v) is 2.96. The highest BCUT2D eigenvalue weighted by molar-refractivity contribution is 6.32. The molecule has 2 N–H and O–H groups in total. The highest BCUT2D eigenvalue weighted by Crippen LogP contribution is 2.20. The third-order valence-electron chi connectivity index (χ3n) is 2.65. The Morgan fingerprint density at radius 1 is 1.32 bits per heavy atom. The van der Waals surface area contributed by atoms with E-state index in [0.29, 0.717) is 11.3 Å². The van der Waals surface area contributed by atoms with Crippen molar-refractivity contribution in [2.75, 3.05) is 25.5 Å². The van der Waals surface area contributed by atoms with Gasteiger partial charge in [-0.3, -0.25) is 14.5 Å². The van der Waals surface area contributed by atoms with Crippen molar-refractivity contribution in [1.82, 2.24) is 10.2 Å². The molecule has 0 aliphatic carbocycles. The number of nitrogens with zero attached hydrogens (tertiary/aromatic N) is 2. The normalized spacial score (nSPS) is 10.4. The molecule has 7 heteroatoms. The molecule has 118 valence electrons. The van der Waals surface area contributed by atoms with Crippen LogP contribution in [0.3, 0.4) is 0 Å². The topological polar surface area (TPSA) is 85.2 Å². The van der Waals surface area contributed by atoms with Crippen LogP contribution in [0.1, 0.15) is 19.4 Å². The fraction of sp³-hybridized carbons (Fsp3) is 0.400. The average Bonchev–Trinajstić information content (AvgIpc) is 2.37. The van der Waals surface area contributed by atoms with Crippen LogP contribution in [0.2, 0.25) is 5.02 Å². The summed E-state index contributed by atoms with van der Waals surface area (Å²) in [6, 6.07) is 6.67. The summed E-state index contributed by atoms with van der Waals surface area (Å²) >= 11 is 5.90. The van der Waals surface area contributed by atoms with Crippen molar-refractivity contribution in [1.29, 1.82) is 5.26 Å². The molecule has 1 aromatic carbocycles. The molecule has 0 saturated carbocycles. The first kappa shape index (κ1) is 18.0. The maximum atomic E-state index is 11.9. The van der Waals surface area contributed by atoms with E-state index < -0.39 is 0 Å². The number of halogens is 1. The van der Waals surface area contributed by atoms with Gasteiger partial charge in [0.1, 0.15) is 6.07 Å². The number of nitriles is 1. The van der Waals surface area contributed by atoms with Gasteiger partial charge >= 0.3 is 0 Å². The van der Waals surface area contributed by atoms with Crippen molar-refractivity contribution < 1.29 is 9.59 Å². The van der Waals surface area contributed by atoms with Gasteiger partial charge in [-0.05, 0) is 39.1 Å². The minimum atomic E-state index is -0.263. The summed E-state index contributed by atoms with van der Waals surface area (Å²) in [5.41, 5.74) is 0.858. The SMILES string of the molecule is CC(C)NC(=O)CN(C)CC(=O)Nc1ccc(C#N)c(Cl)c1. The van der Waals surface area contributed by atoms with E-state index in [1.54, 1.807) is 18.0 Å². The van der Waals surface area contributed by atoms with Crippen molar-refractivity contribution in [3.8, 4) is 6.07 Å². The minimum Gasteiger partial charge on any atom is -0.353 e. The smallest absolute Gasteiger partial charge is 0.238 e. The molecule has 0 atom stereocenters. The molecule has 0 spiro atoms. The van der Waals surface area contributed by atoms with E-state index in [4.69, 9.17) is 16.9 Å². The number of nitrogens with one attached hydrogen (secondary N) is 2. The van der Waals surface area contributed by atoms with Gasteiger partial charge in [-0.15, -0.1) is 0 Å². The van der Waals surface area contributed by atoms with Crippen LogP contribution in [0.15, 0.2) is 18.2 Å². The fourth-order valence-corrected chi connectivity index (χ4v) is 2.02. The lowest BCUT2D eigenvalue weighted by Crippen LogP contribution is -2.41. The summed E-state index contributed by atoms with van der Waals surface area (Å²) in [7, 11) is 1.69. The van der Waals surface area contributed by atoms with Crippen LogP contribution in [0, 0.1) is 11.3 Å². The second-order valence-electron chi connectivity index (χ2n) is 5.25. The molecule has 0 radical (unpaired) electrons. The average molecular weight is 323 g/mol. The molecule has 22 heavy (non-hydrogen) atoms. The molecule has 0 heterocycles. The molecule has 0 aromatic heterocycles. The summed E-state index contributed by atoms with van der Waals surface area (Å²) in [6.07, 6.45) is 0. The lowest BCUT2D eigenvalue weighted by atomic mass is 10.2. The van der Waals surface area contributed by atoms with Crippen molar-refractivity contribution in [2.45, 2.75) is 19.9 Å². The molecule has 0 fully saturated rings. The number of carbonyl (C=O) groups is 2. The number of hydrogen-bond acceptors (Lipinski definition) is 4. The van der Waals surface area contributed by atoms with E-state index in [1.807, 2.05) is 19.9 Å². The molecule has 6 nitrogen and oxygen atoms in total. The van der Waals surface area contributed by atoms with Gasteiger partial charge in [0, 0.05) is 11.7 Å². The standard InChI is InChI=1S/C15H19ClN4O2/c1-10(2)18-14(21)8-20(3)9-15(22)19-12-5-4-11(7-17)13(16)6-12/h4-6,10H,8-9H2,1-3H3,(H,18,21)(H,19,22). The molecule has 0 aliphatic heterocycles. The summed E-state index contributed by atoms with van der Waals surface area (Å²) in [5, 5.41) is 14.5. The Kier molecular flexibility index (Phi) is 6.83. The maximum absolute atomic E-state index is 11.9. The van der Waals surface area contributed by atoms with E-state index in [9.17, 15) is 9.59 Å². The maximum Gasteiger partial charge on any atom is 0.238 e. The van der Waals surface area contributed by atoms with Gasteiger partial charge in [-0.1, -0.05) is 11.6 Å². The zero-order chi connectivity index (χ0) is 16.7. The zero-order valence-electron chi connectivity index (χ0n) is 12.8. The second-order valence-corrected chi connectivity index (χ2v) is 5.66. The van der Waals surface area contributed by atoms with Gasteiger partial charge in [0.15, 0.2) is 0 Å². The Labute approximate surface area is 135 Å². The summed E-state index contributed by atoms with van der Waals surface area (Å²) < 4.78 is 0. The Morgan fingerprint density at radius 2 is 1.95 bits per heavy atom. The van der Waals surface area contributed by atoms with Gasteiger partial charge in [-0.2, -0.15) is 5.26 Å². The first-order valence-corrected chi connectivity index (χ1v) is 7.17. The van der Waals surface area contributed by atoms with E-state index >= 15 is 0 Å². The van der Waals surface area contributed by atoms with Gasteiger partial charge in [0.2, 0.25) is 11.8 Å². The van der Waals surface area contributed by atoms with E-state index in [0.717, 1.165) is 0 Å². The minimum absolute atomic E-state index is 0.0653. The molecule has 0 saturated heterocycles. The second kappa shape index (κ2) is 8.37. The number of carbonyl (C=O) groups excluding carboxylic acids is 2. The van der Waals surface area contributed by atoms with Crippen molar-refractivity contribution in [3.05, 3.63) is 28.8 Å².